The van der Waals surface area contributed by atoms with Gasteiger partial charge in [0.2, 0.25) is 5.91 Å². The van der Waals surface area contributed by atoms with E-state index in [9.17, 15) is 4.79 Å². The average Bonchev–Trinajstić information content (AvgIpc) is 2.88. The number of H-pyrrole nitrogens is 1. The van der Waals surface area contributed by atoms with E-state index in [-0.39, 0.29) is 5.91 Å². The van der Waals surface area contributed by atoms with Crippen LogP contribution in [0.15, 0.2) is 29.2 Å². The number of aromatic nitrogens is 1. The first-order chi connectivity index (χ1) is 11.2. The van der Waals surface area contributed by atoms with Gasteiger partial charge in [-0.25, -0.2) is 0 Å². The Labute approximate surface area is 140 Å². The Morgan fingerprint density at radius 3 is 2.96 bits per heavy atom. The number of rotatable bonds is 6. The molecule has 5 nitrogen and oxygen atoms in total. The van der Waals surface area contributed by atoms with E-state index in [1.165, 1.54) is 21.5 Å². The van der Waals surface area contributed by atoms with Gasteiger partial charge in [0.15, 0.2) is 0 Å². The number of carbonyl (C=O) groups excluding carboxylic acids is 1. The van der Waals surface area contributed by atoms with Crippen molar-refractivity contribution in [1.29, 1.82) is 0 Å². The fraction of sp³-hybridized carbons (Fsp3) is 0.471. The number of benzene rings is 1. The summed E-state index contributed by atoms with van der Waals surface area (Å²) in [6.45, 7) is 6.39. The minimum absolute atomic E-state index is 0.100. The van der Waals surface area contributed by atoms with E-state index in [0.717, 1.165) is 32.1 Å². The fourth-order valence-corrected chi connectivity index (χ4v) is 3.81. The summed E-state index contributed by atoms with van der Waals surface area (Å²) in [4.78, 5) is 18.8. The van der Waals surface area contributed by atoms with Crippen LogP contribution in [-0.4, -0.2) is 60.9 Å². The maximum absolute atomic E-state index is 11.9. The molecule has 2 N–H and O–H groups in total. The van der Waals surface area contributed by atoms with Crippen LogP contribution in [0.1, 0.15) is 5.69 Å². The van der Waals surface area contributed by atoms with E-state index in [2.05, 4.69) is 40.3 Å². The van der Waals surface area contributed by atoms with E-state index in [1.54, 1.807) is 11.8 Å². The van der Waals surface area contributed by atoms with Crippen molar-refractivity contribution in [2.24, 2.45) is 0 Å². The number of morpholine rings is 1. The maximum atomic E-state index is 11.9. The Balaban J connectivity index is 1.44. The van der Waals surface area contributed by atoms with Crippen molar-refractivity contribution in [3.8, 4) is 0 Å². The number of carbonyl (C=O) groups is 1. The highest BCUT2D eigenvalue weighted by Crippen LogP contribution is 2.30. The number of aryl methyl sites for hydroxylation is 1. The van der Waals surface area contributed by atoms with Crippen LogP contribution in [0.3, 0.4) is 0 Å². The first-order valence-electron chi connectivity index (χ1n) is 8.01. The molecule has 23 heavy (non-hydrogen) atoms. The Morgan fingerprint density at radius 1 is 1.35 bits per heavy atom. The molecule has 0 aliphatic carbocycles. The number of fused-ring (bicyclic) bond motifs is 1. The summed E-state index contributed by atoms with van der Waals surface area (Å²) < 4.78 is 5.29. The van der Waals surface area contributed by atoms with Gasteiger partial charge in [0.05, 0.1) is 19.8 Å². The van der Waals surface area contributed by atoms with Gasteiger partial charge in [0.25, 0.3) is 0 Å². The quantitative estimate of drug-likeness (QED) is 0.627. The van der Waals surface area contributed by atoms with Crippen LogP contribution in [0.4, 0.5) is 0 Å². The molecule has 1 aromatic carbocycles. The van der Waals surface area contributed by atoms with Crippen molar-refractivity contribution in [2.75, 3.05) is 45.1 Å². The number of hydrogen-bond acceptors (Lipinski definition) is 4. The number of thioether (sulfide) groups is 1. The highest BCUT2D eigenvalue weighted by Gasteiger charge is 2.14. The van der Waals surface area contributed by atoms with E-state index in [1.807, 2.05) is 6.07 Å². The monoisotopic (exact) mass is 333 g/mol. The van der Waals surface area contributed by atoms with Crippen LogP contribution in [0.5, 0.6) is 0 Å². The molecule has 1 amide bonds. The van der Waals surface area contributed by atoms with Crippen LogP contribution < -0.4 is 5.32 Å². The number of nitrogens with zero attached hydrogens (tertiary/aromatic N) is 1. The molecule has 1 aliphatic heterocycles. The molecule has 0 spiro atoms. The molecule has 0 radical (unpaired) electrons. The number of aromatic amines is 1. The topological polar surface area (TPSA) is 57.4 Å². The predicted octanol–water partition coefficient (Wildman–Crippen LogP) is 2.02. The maximum Gasteiger partial charge on any atom is 0.234 e. The Kier molecular flexibility index (Phi) is 5.59. The van der Waals surface area contributed by atoms with E-state index in [0.29, 0.717) is 13.1 Å². The molecular formula is C17H23N3O2S. The summed E-state index contributed by atoms with van der Waals surface area (Å²) in [5.41, 5.74) is 2.36. The van der Waals surface area contributed by atoms with Crippen molar-refractivity contribution in [1.82, 2.24) is 15.2 Å². The predicted molar refractivity (Wildman–Crippen MR) is 94.0 cm³/mol. The average molecular weight is 333 g/mol. The molecule has 1 aliphatic rings. The van der Waals surface area contributed by atoms with Crippen molar-refractivity contribution in [3.63, 3.8) is 0 Å². The van der Waals surface area contributed by atoms with E-state index >= 15 is 0 Å². The van der Waals surface area contributed by atoms with Gasteiger partial charge in [-0.3, -0.25) is 9.69 Å². The minimum atomic E-state index is 0.100. The first-order valence-corrected chi connectivity index (χ1v) is 8.99. The second-order valence-corrected chi connectivity index (χ2v) is 6.82. The Hall–Kier alpha value is -1.50. The normalized spacial score (nSPS) is 15.9. The molecular weight excluding hydrogens is 310 g/mol. The number of nitrogens with one attached hydrogen (secondary N) is 2. The van der Waals surface area contributed by atoms with Gasteiger partial charge >= 0.3 is 0 Å². The van der Waals surface area contributed by atoms with Gasteiger partial charge in [-0.05, 0) is 13.0 Å². The lowest BCUT2D eigenvalue weighted by atomic mass is 10.2. The summed E-state index contributed by atoms with van der Waals surface area (Å²) in [5, 5.41) is 4.27. The highest BCUT2D eigenvalue weighted by atomic mass is 32.2. The second-order valence-electron chi connectivity index (χ2n) is 5.71. The summed E-state index contributed by atoms with van der Waals surface area (Å²) in [5.74, 6) is 0.973. The third-order valence-corrected chi connectivity index (χ3v) is 5.20. The number of ether oxygens (including phenoxy) is 1. The van der Waals surface area contributed by atoms with Crippen LogP contribution in [0, 0.1) is 6.92 Å². The van der Waals surface area contributed by atoms with Crippen molar-refractivity contribution < 1.29 is 9.53 Å². The summed E-state index contributed by atoms with van der Waals surface area (Å²) >= 11 is 1.79. The lowest BCUT2D eigenvalue weighted by molar-refractivity contribution is -0.123. The zero-order valence-electron chi connectivity index (χ0n) is 13.4. The third kappa shape index (κ3) is 4.28. The Bertz CT molecular complexity index is 665. The summed E-state index contributed by atoms with van der Waals surface area (Å²) in [6, 6.07) is 8.33. The molecule has 1 saturated heterocycles. The van der Waals surface area contributed by atoms with Crippen LogP contribution >= 0.6 is 11.8 Å². The van der Waals surface area contributed by atoms with Gasteiger partial charge in [0, 0.05) is 46.9 Å². The Morgan fingerprint density at radius 2 is 2.13 bits per heavy atom. The van der Waals surface area contributed by atoms with Crippen molar-refractivity contribution in [2.45, 2.75) is 11.8 Å². The third-order valence-electron chi connectivity index (χ3n) is 3.98. The van der Waals surface area contributed by atoms with Crippen LogP contribution in [0.2, 0.25) is 0 Å². The summed E-state index contributed by atoms with van der Waals surface area (Å²) in [7, 11) is 0. The van der Waals surface area contributed by atoms with Gasteiger partial charge in [-0.15, -0.1) is 11.8 Å². The molecule has 2 heterocycles. The lowest BCUT2D eigenvalue weighted by Crippen LogP contribution is -2.43. The van der Waals surface area contributed by atoms with Crippen molar-refractivity contribution in [3.05, 3.63) is 30.0 Å². The standard InChI is InChI=1S/C17H23N3O2S/c1-13-17(14-4-2-3-5-15(14)19-13)23-11-6-18-16(21)12-20-7-9-22-10-8-20/h2-5,19H,6-12H2,1H3,(H,18,21). The number of hydrogen-bond donors (Lipinski definition) is 2. The molecule has 1 aromatic heterocycles. The fourth-order valence-electron chi connectivity index (χ4n) is 2.80. The van der Waals surface area contributed by atoms with Crippen LogP contribution in [0.25, 0.3) is 10.9 Å². The smallest absolute Gasteiger partial charge is 0.234 e. The SMILES string of the molecule is Cc1[nH]c2ccccc2c1SCCNC(=O)CN1CCOCC1. The molecule has 6 heteroatoms. The molecule has 0 bridgehead atoms. The zero-order chi connectivity index (χ0) is 16.1. The number of para-hydroxylation sites is 1. The molecule has 0 atom stereocenters. The molecule has 124 valence electrons. The van der Waals surface area contributed by atoms with Gasteiger partial charge < -0.3 is 15.0 Å². The zero-order valence-corrected chi connectivity index (χ0v) is 14.2. The molecule has 0 unspecified atom stereocenters. The van der Waals surface area contributed by atoms with Gasteiger partial charge in [0.1, 0.15) is 0 Å². The molecule has 3 rings (SSSR count). The summed E-state index contributed by atoms with van der Waals surface area (Å²) in [6.07, 6.45) is 0. The van der Waals surface area contributed by atoms with Crippen LogP contribution in [-0.2, 0) is 9.53 Å². The minimum Gasteiger partial charge on any atom is -0.379 e. The number of amides is 1. The lowest BCUT2D eigenvalue weighted by Gasteiger charge is -2.25. The van der Waals surface area contributed by atoms with Crippen molar-refractivity contribution >= 4 is 28.6 Å². The second kappa shape index (κ2) is 7.86. The molecule has 1 fully saturated rings. The van der Waals surface area contributed by atoms with E-state index in [4.69, 9.17) is 4.74 Å². The molecule has 2 aromatic rings. The van der Waals surface area contributed by atoms with E-state index < -0.39 is 0 Å². The molecule has 0 saturated carbocycles. The largest absolute Gasteiger partial charge is 0.379 e. The van der Waals surface area contributed by atoms with Gasteiger partial charge in [-0.1, -0.05) is 18.2 Å². The van der Waals surface area contributed by atoms with Gasteiger partial charge in [-0.2, -0.15) is 0 Å². The highest BCUT2D eigenvalue weighted by molar-refractivity contribution is 7.99. The first kappa shape index (κ1) is 16.4.